The van der Waals surface area contributed by atoms with Crippen molar-refractivity contribution in [1.29, 1.82) is 0 Å². The fraction of sp³-hybridized carbons (Fsp3) is 0.429. The number of hydrogen-bond acceptors (Lipinski definition) is 6. The first-order valence-corrected chi connectivity index (χ1v) is 12.9. The maximum Gasteiger partial charge on any atom is 0.307 e. The summed E-state index contributed by atoms with van der Waals surface area (Å²) in [6, 6.07) is 12.8. The Balaban J connectivity index is 1.37. The summed E-state index contributed by atoms with van der Waals surface area (Å²) in [7, 11) is 0. The predicted molar refractivity (Wildman–Crippen MR) is 141 cm³/mol. The fourth-order valence-corrected chi connectivity index (χ4v) is 4.89. The monoisotopic (exact) mass is 505 g/mol. The molecule has 3 heterocycles. The largest absolute Gasteiger partial charge is 0.466 e. The van der Waals surface area contributed by atoms with Crippen LogP contribution in [-0.4, -0.2) is 64.4 Å². The highest BCUT2D eigenvalue weighted by Crippen LogP contribution is 2.32. The molecule has 2 amide bonds. The second-order valence-electron chi connectivity index (χ2n) is 9.44. The van der Waals surface area contributed by atoms with E-state index in [1.807, 2.05) is 35.2 Å². The van der Waals surface area contributed by atoms with Crippen LogP contribution in [0.5, 0.6) is 0 Å². The van der Waals surface area contributed by atoms with Gasteiger partial charge in [-0.2, -0.15) is 0 Å². The number of carbonyl (C=O) groups excluding carboxylic acids is 3. The highest BCUT2D eigenvalue weighted by molar-refractivity contribution is 5.89. The molecule has 0 unspecified atom stereocenters. The van der Waals surface area contributed by atoms with Crippen LogP contribution in [0, 0.1) is 0 Å². The number of esters is 1. The number of hydrogen-bond donors (Lipinski definition) is 3. The van der Waals surface area contributed by atoms with Crippen molar-refractivity contribution in [3.63, 3.8) is 0 Å². The summed E-state index contributed by atoms with van der Waals surface area (Å²) in [6.07, 6.45) is 5.22. The first-order chi connectivity index (χ1) is 17.9. The molecule has 9 heteroatoms. The van der Waals surface area contributed by atoms with E-state index < -0.39 is 12.1 Å². The molecule has 196 valence electrons. The molecule has 3 N–H and O–H groups in total. The second kappa shape index (κ2) is 12.5. The molecular weight excluding hydrogens is 470 g/mol. The predicted octanol–water partition coefficient (Wildman–Crippen LogP) is 2.89. The van der Waals surface area contributed by atoms with Crippen LogP contribution in [0.2, 0.25) is 0 Å². The number of H-pyrrole nitrogens is 1. The summed E-state index contributed by atoms with van der Waals surface area (Å²) in [4.78, 5) is 47.5. The summed E-state index contributed by atoms with van der Waals surface area (Å²) in [5.41, 5.74) is 3.01. The minimum absolute atomic E-state index is 0.205. The Morgan fingerprint density at radius 1 is 1.22 bits per heavy atom. The summed E-state index contributed by atoms with van der Waals surface area (Å²) in [5, 5.41) is 6.76. The van der Waals surface area contributed by atoms with Gasteiger partial charge in [-0.15, -0.1) is 0 Å². The van der Waals surface area contributed by atoms with Gasteiger partial charge in [0.2, 0.25) is 11.8 Å². The van der Waals surface area contributed by atoms with Crippen LogP contribution < -0.4 is 10.6 Å². The summed E-state index contributed by atoms with van der Waals surface area (Å²) in [6.45, 7) is 5.24. The van der Waals surface area contributed by atoms with Gasteiger partial charge in [0.15, 0.2) is 0 Å². The quantitative estimate of drug-likeness (QED) is 0.365. The molecule has 1 aliphatic heterocycles. The first-order valence-electron chi connectivity index (χ1n) is 12.9. The molecule has 2 aromatic heterocycles. The number of amides is 2. The number of ether oxygens (including phenoxy) is 1. The summed E-state index contributed by atoms with van der Waals surface area (Å²) < 4.78 is 5.07. The molecule has 1 aliphatic rings. The van der Waals surface area contributed by atoms with Crippen LogP contribution in [0.25, 0.3) is 10.9 Å². The Hall–Kier alpha value is -3.72. The number of likely N-dealkylation sites (tertiary alicyclic amines) is 1. The van der Waals surface area contributed by atoms with Gasteiger partial charge in [-0.3, -0.25) is 24.3 Å². The zero-order valence-corrected chi connectivity index (χ0v) is 21.4. The van der Waals surface area contributed by atoms with Gasteiger partial charge in [-0.1, -0.05) is 30.3 Å². The lowest BCUT2D eigenvalue weighted by Crippen LogP contribution is -2.55. The van der Waals surface area contributed by atoms with E-state index in [-0.39, 0.29) is 30.1 Å². The van der Waals surface area contributed by atoms with E-state index in [9.17, 15) is 14.4 Å². The van der Waals surface area contributed by atoms with E-state index in [4.69, 9.17) is 4.74 Å². The van der Waals surface area contributed by atoms with E-state index >= 15 is 0 Å². The number of benzene rings is 1. The number of nitrogens with zero attached hydrogens (tertiary/aromatic N) is 2. The van der Waals surface area contributed by atoms with Gasteiger partial charge in [-0.25, -0.2) is 0 Å². The third kappa shape index (κ3) is 6.95. The number of nitrogens with one attached hydrogen (secondary N) is 3. The molecule has 37 heavy (non-hydrogen) atoms. The molecule has 0 spiro atoms. The molecule has 0 aliphatic carbocycles. The smallest absolute Gasteiger partial charge is 0.307 e. The molecule has 9 nitrogen and oxygen atoms in total. The lowest BCUT2D eigenvalue weighted by Gasteiger charge is -2.39. The highest BCUT2D eigenvalue weighted by Gasteiger charge is 2.35. The average Bonchev–Trinajstić information content (AvgIpc) is 3.34. The number of carbonyl (C=O) groups is 3. The number of pyridine rings is 1. The number of rotatable bonds is 10. The van der Waals surface area contributed by atoms with E-state index in [1.54, 1.807) is 26.2 Å². The zero-order valence-electron chi connectivity index (χ0n) is 21.4. The number of aromatic nitrogens is 2. The lowest BCUT2D eigenvalue weighted by molar-refractivity contribution is -0.144. The molecule has 0 saturated carbocycles. The Kier molecular flexibility index (Phi) is 8.90. The molecule has 0 radical (unpaired) electrons. The molecule has 1 saturated heterocycles. The molecule has 3 aromatic rings. The minimum atomic E-state index is -0.706. The van der Waals surface area contributed by atoms with Gasteiger partial charge in [0.05, 0.1) is 25.6 Å². The van der Waals surface area contributed by atoms with Crippen LogP contribution in [0.4, 0.5) is 0 Å². The van der Waals surface area contributed by atoms with Crippen molar-refractivity contribution in [3.05, 3.63) is 66.1 Å². The normalized spacial score (nSPS) is 18.8. The van der Waals surface area contributed by atoms with Gasteiger partial charge in [0.25, 0.3) is 0 Å². The van der Waals surface area contributed by atoms with Gasteiger partial charge >= 0.3 is 5.97 Å². The third-order valence-corrected chi connectivity index (χ3v) is 6.88. The van der Waals surface area contributed by atoms with Crippen molar-refractivity contribution in [2.24, 2.45) is 0 Å². The molecular formula is C28H35N5O4. The molecule has 0 bridgehead atoms. The standard InChI is InChI=1S/C28H35N5O4/c1-3-37-26(34)11-14-33-13-10-21(20-7-5-4-6-8-20)16-25(33)28(36)31-19(2)27(35)30-18-23-15-22-17-29-12-9-24(22)32-23/h4-9,12,15,17,19,21,25,32H,3,10-11,13-14,16,18H2,1-2H3,(H,30,35)(H,31,36)/t19-,21-,25+/m0/s1. The van der Waals surface area contributed by atoms with Crippen LogP contribution in [0.15, 0.2) is 54.9 Å². The van der Waals surface area contributed by atoms with Gasteiger partial charge in [0, 0.05) is 35.5 Å². The Bertz CT molecular complexity index is 1180. The average molecular weight is 506 g/mol. The van der Waals surface area contributed by atoms with Crippen molar-refractivity contribution in [2.45, 2.75) is 57.7 Å². The third-order valence-electron chi connectivity index (χ3n) is 6.88. The first kappa shape index (κ1) is 26.3. The van der Waals surface area contributed by atoms with Crippen LogP contribution in [0.3, 0.4) is 0 Å². The Morgan fingerprint density at radius 3 is 2.78 bits per heavy atom. The fourth-order valence-electron chi connectivity index (χ4n) is 4.89. The van der Waals surface area contributed by atoms with Crippen LogP contribution in [-0.2, 0) is 25.7 Å². The molecule has 3 atom stereocenters. The Labute approximate surface area is 217 Å². The Morgan fingerprint density at radius 2 is 2.03 bits per heavy atom. The van der Waals surface area contributed by atoms with Crippen LogP contribution >= 0.6 is 0 Å². The van der Waals surface area contributed by atoms with Gasteiger partial charge in [-0.05, 0) is 56.8 Å². The van der Waals surface area contributed by atoms with Crippen molar-refractivity contribution in [1.82, 2.24) is 25.5 Å². The van der Waals surface area contributed by atoms with Crippen molar-refractivity contribution in [3.8, 4) is 0 Å². The molecule has 4 rings (SSSR count). The SMILES string of the molecule is CCOC(=O)CCN1CC[C@H](c2ccccc2)C[C@@H]1C(=O)N[C@@H](C)C(=O)NCc1cc2cnccc2[nH]1. The second-order valence-corrected chi connectivity index (χ2v) is 9.44. The number of aromatic amines is 1. The van der Waals surface area contributed by atoms with E-state index in [2.05, 4.69) is 32.7 Å². The number of piperidine rings is 1. The maximum absolute atomic E-state index is 13.4. The van der Waals surface area contributed by atoms with Gasteiger partial charge < -0.3 is 20.4 Å². The zero-order chi connectivity index (χ0) is 26.2. The maximum atomic E-state index is 13.4. The van der Waals surface area contributed by atoms with E-state index in [1.165, 1.54) is 5.56 Å². The topological polar surface area (TPSA) is 116 Å². The van der Waals surface area contributed by atoms with E-state index in [0.29, 0.717) is 32.7 Å². The number of fused-ring (bicyclic) bond motifs is 1. The van der Waals surface area contributed by atoms with E-state index in [0.717, 1.165) is 23.0 Å². The minimum Gasteiger partial charge on any atom is -0.466 e. The lowest BCUT2D eigenvalue weighted by atomic mass is 9.84. The molecule has 1 fully saturated rings. The molecule has 1 aromatic carbocycles. The highest BCUT2D eigenvalue weighted by atomic mass is 16.5. The summed E-state index contributed by atoms with van der Waals surface area (Å²) >= 11 is 0. The summed E-state index contributed by atoms with van der Waals surface area (Å²) in [5.74, 6) is -0.508. The van der Waals surface area contributed by atoms with Crippen molar-refractivity contribution in [2.75, 3.05) is 19.7 Å². The van der Waals surface area contributed by atoms with Gasteiger partial charge in [0.1, 0.15) is 6.04 Å². The van der Waals surface area contributed by atoms with Crippen molar-refractivity contribution < 1.29 is 19.1 Å². The van der Waals surface area contributed by atoms with Crippen molar-refractivity contribution >= 4 is 28.7 Å². The van der Waals surface area contributed by atoms with Crippen LogP contribution in [0.1, 0.15) is 50.3 Å².